The van der Waals surface area contributed by atoms with Crippen LogP contribution in [0.2, 0.25) is 0 Å². The number of nitrogens with two attached hydrogens (primary N) is 1. The summed E-state index contributed by atoms with van der Waals surface area (Å²) in [5.41, 5.74) is 9.16. The molecule has 10 nitrogen and oxygen atoms in total. The Morgan fingerprint density at radius 2 is 1.31 bits per heavy atom. The number of ketones is 2. The molecule has 61 heavy (non-hydrogen) atoms. The first-order valence-corrected chi connectivity index (χ1v) is 24.8. The van der Waals surface area contributed by atoms with Crippen LogP contribution < -0.4 is 20.5 Å². The standard InChI is InChI=1S/C23H28N4O2S2.C14H20N2OS.C9H9BrOS/c1-4-27(5-2)13-14-29-18-11-9-17(10-12-18)25-23-26-22(24)21(31-23)20(28)16-7-6-8-19(15-16)30-3;1-3-16(4-2)10-11-17-14-7-5-13(6-8-14)15-9-12-18;1-12-8-4-2-3-7(5-8)9(11)6-10/h6-12,15H,4-5,13-14,24H2,1-3H3,(H,25,26);5-9,12H,3-4,10-11H2,1-2H3;2-5H,6H2,1H3. The number of Topliss-reactive ketones (excluding diaryl/α,β-unsaturated/α-hetero) is 1. The maximum atomic E-state index is 12.9. The van der Waals surface area contributed by atoms with Gasteiger partial charge in [-0.05, 0) is 111 Å². The van der Waals surface area contributed by atoms with Gasteiger partial charge in [0.05, 0.1) is 11.0 Å². The lowest BCUT2D eigenvalue weighted by Crippen LogP contribution is -2.27. The quantitative estimate of drug-likeness (QED) is 0.0226. The summed E-state index contributed by atoms with van der Waals surface area (Å²) in [6.45, 7) is 16.0. The molecule has 1 heterocycles. The summed E-state index contributed by atoms with van der Waals surface area (Å²) in [6.07, 6.45) is 5.58. The van der Waals surface area contributed by atoms with Crippen LogP contribution in [0.3, 0.4) is 0 Å². The van der Waals surface area contributed by atoms with Gasteiger partial charge in [0.1, 0.15) is 35.4 Å². The first kappa shape index (κ1) is 51.3. The van der Waals surface area contributed by atoms with Gasteiger partial charge in [-0.1, -0.05) is 91.4 Å². The highest BCUT2D eigenvalue weighted by Gasteiger charge is 2.18. The minimum Gasteiger partial charge on any atom is -0.492 e. The van der Waals surface area contributed by atoms with Gasteiger partial charge in [-0.25, -0.2) is 4.98 Å². The maximum Gasteiger partial charge on any atom is 0.206 e. The van der Waals surface area contributed by atoms with Crippen molar-refractivity contribution in [2.45, 2.75) is 37.5 Å². The molecule has 326 valence electrons. The zero-order valence-electron chi connectivity index (χ0n) is 35.8. The number of nitrogen functional groups attached to an aromatic ring is 1. The molecule has 0 radical (unpaired) electrons. The second kappa shape index (κ2) is 29.3. The number of aromatic nitrogens is 1. The van der Waals surface area contributed by atoms with E-state index in [1.54, 1.807) is 35.8 Å². The maximum absolute atomic E-state index is 12.9. The Morgan fingerprint density at radius 1 is 0.803 bits per heavy atom. The zero-order valence-corrected chi connectivity index (χ0v) is 40.6. The van der Waals surface area contributed by atoms with Gasteiger partial charge in [-0.3, -0.25) is 14.6 Å². The van der Waals surface area contributed by atoms with E-state index < -0.39 is 0 Å². The molecule has 0 fully saturated rings. The number of ether oxygens (including phenoxy) is 2. The number of benzene rings is 4. The molecule has 5 aromatic rings. The van der Waals surface area contributed by atoms with Gasteiger partial charge in [0.2, 0.25) is 5.78 Å². The van der Waals surface area contributed by atoms with Gasteiger partial charge in [-0.2, -0.15) is 0 Å². The summed E-state index contributed by atoms with van der Waals surface area (Å²) >= 11 is 12.3. The monoisotopic (exact) mass is 964 g/mol. The lowest BCUT2D eigenvalue weighted by Gasteiger charge is -2.18. The third-order valence-electron chi connectivity index (χ3n) is 9.07. The molecule has 0 saturated carbocycles. The van der Waals surface area contributed by atoms with Crippen LogP contribution in [0.4, 0.5) is 22.3 Å². The SMILES string of the molecule is CCN(CC)CCOc1ccc(N=CC=S)cc1.CCN(CC)CCOc1ccc(Nc2nc(N)c(C(=O)c3cccc(SC)c3)s2)cc1.CSc1cccc(C(=O)CBr)c1. The molecule has 0 saturated heterocycles. The van der Waals surface area contributed by atoms with Crippen molar-refractivity contribution in [1.82, 2.24) is 14.8 Å². The fourth-order valence-electron chi connectivity index (χ4n) is 5.48. The number of hydrogen-bond donors (Lipinski definition) is 2. The van der Waals surface area contributed by atoms with Crippen molar-refractivity contribution in [1.29, 1.82) is 0 Å². The third kappa shape index (κ3) is 18.4. The number of likely N-dealkylation sites (N-methyl/N-ethyl adjacent to an activating group) is 2. The second-order valence-corrected chi connectivity index (χ2v) is 16.5. The van der Waals surface area contributed by atoms with Crippen LogP contribution >= 0.6 is 63.0 Å². The van der Waals surface area contributed by atoms with E-state index in [1.165, 1.54) is 16.7 Å². The number of anilines is 3. The molecule has 5 rings (SSSR count). The molecule has 3 N–H and O–H groups in total. The molecule has 0 aliphatic rings. The highest BCUT2D eigenvalue weighted by molar-refractivity contribution is 9.09. The molecule has 0 spiro atoms. The van der Waals surface area contributed by atoms with Crippen molar-refractivity contribution in [3.05, 3.63) is 113 Å². The van der Waals surface area contributed by atoms with Gasteiger partial charge in [-0.15, -0.1) is 23.5 Å². The largest absolute Gasteiger partial charge is 0.492 e. The highest BCUT2D eigenvalue weighted by Crippen LogP contribution is 2.31. The Labute approximate surface area is 388 Å². The summed E-state index contributed by atoms with van der Waals surface area (Å²) in [5, 5.41) is 5.69. The van der Waals surface area contributed by atoms with Gasteiger partial charge < -0.3 is 30.3 Å². The van der Waals surface area contributed by atoms with Crippen molar-refractivity contribution in [2.24, 2.45) is 4.99 Å². The smallest absolute Gasteiger partial charge is 0.206 e. The summed E-state index contributed by atoms with van der Waals surface area (Å²) in [6, 6.07) is 30.5. The summed E-state index contributed by atoms with van der Waals surface area (Å²) in [4.78, 5) is 39.8. The lowest BCUT2D eigenvalue weighted by atomic mass is 10.1. The number of thiocarbonyl (C=S) groups is 1. The van der Waals surface area contributed by atoms with Crippen molar-refractivity contribution >= 4 is 108 Å². The van der Waals surface area contributed by atoms with E-state index in [0.29, 0.717) is 34.1 Å². The Kier molecular flexibility index (Phi) is 24.6. The number of nitrogens with zero attached hydrogens (tertiary/aromatic N) is 4. The number of thiazole rings is 1. The van der Waals surface area contributed by atoms with Crippen LogP contribution in [0.15, 0.2) is 112 Å². The Balaban J connectivity index is 0.000000278. The first-order valence-electron chi connectivity index (χ1n) is 19.9. The molecule has 0 unspecified atom stereocenters. The Hall–Kier alpha value is -4.09. The molecule has 4 aromatic carbocycles. The van der Waals surface area contributed by atoms with Crippen molar-refractivity contribution in [2.75, 3.05) is 81.4 Å². The number of alkyl halides is 1. The number of nitrogens with one attached hydrogen (secondary N) is 1. The van der Waals surface area contributed by atoms with E-state index in [2.05, 4.69) is 80.9 Å². The Morgan fingerprint density at radius 3 is 1.80 bits per heavy atom. The van der Waals surface area contributed by atoms with Crippen LogP contribution in [0, 0.1) is 0 Å². The number of rotatable bonds is 22. The average molecular weight is 966 g/mol. The van der Waals surface area contributed by atoms with Crippen LogP contribution in [0.25, 0.3) is 0 Å². The molecule has 1 aromatic heterocycles. The molecular formula is C46H57BrN6O4S4. The van der Waals surface area contributed by atoms with E-state index in [9.17, 15) is 9.59 Å². The van der Waals surface area contributed by atoms with Crippen molar-refractivity contribution in [3.63, 3.8) is 0 Å². The fourth-order valence-corrected chi connectivity index (χ4v) is 7.66. The van der Waals surface area contributed by atoms with Gasteiger partial charge >= 0.3 is 0 Å². The van der Waals surface area contributed by atoms with E-state index in [-0.39, 0.29) is 17.4 Å². The molecular weight excluding hydrogens is 909 g/mol. The van der Waals surface area contributed by atoms with Crippen LogP contribution in [0.1, 0.15) is 53.3 Å². The van der Waals surface area contributed by atoms with Crippen LogP contribution in [-0.4, -0.2) is 108 Å². The summed E-state index contributed by atoms with van der Waals surface area (Å²) in [5.74, 6) is 1.95. The summed E-state index contributed by atoms with van der Waals surface area (Å²) < 4.78 is 11.5. The van der Waals surface area contributed by atoms with E-state index in [4.69, 9.17) is 15.2 Å². The van der Waals surface area contributed by atoms with Gasteiger partial charge in [0.25, 0.3) is 0 Å². The molecule has 0 aliphatic heterocycles. The minimum atomic E-state index is -0.115. The molecule has 0 atom stereocenters. The Bertz CT molecular complexity index is 2090. The zero-order chi connectivity index (χ0) is 44.4. The van der Waals surface area contributed by atoms with Gasteiger partial charge in [0, 0.05) is 51.3 Å². The number of carbonyl (C=O) groups excluding carboxylic acids is 2. The lowest BCUT2D eigenvalue weighted by molar-refractivity contribution is 0.102. The van der Waals surface area contributed by atoms with Gasteiger partial charge in [0.15, 0.2) is 10.9 Å². The van der Waals surface area contributed by atoms with Crippen molar-refractivity contribution in [3.8, 4) is 11.5 Å². The fraction of sp³-hybridized carbons (Fsp3) is 0.326. The van der Waals surface area contributed by atoms with E-state index >= 15 is 0 Å². The number of halogens is 1. The molecule has 0 amide bonds. The third-order valence-corrected chi connectivity index (χ3v) is 12.1. The molecule has 0 aliphatic carbocycles. The number of carbonyl (C=O) groups is 2. The van der Waals surface area contributed by atoms with E-state index in [1.807, 2.05) is 104 Å². The average Bonchev–Trinajstić information content (AvgIpc) is 3.68. The number of hydrogen-bond acceptors (Lipinski definition) is 14. The van der Waals surface area contributed by atoms with Crippen LogP contribution in [-0.2, 0) is 0 Å². The second-order valence-electron chi connectivity index (χ2n) is 12.9. The molecule has 15 heteroatoms. The number of thioether (sulfide) groups is 2. The highest BCUT2D eigenvalue weighted by atomic mass is 79.9. The van der Waals surface area contributed by atoms with E-state index in [0.717, 1.165) is 77.5 Å². The predicted molar refractivity (Wildman–Crippen MR) is 269 cm³/mol. The number of aliphatic imine (C=N–C) groups is 1. The first-order chi connectivity index (χ1) is 29.6. The molecule has 0 bridgehead atoms. The minimum absolute atomic E-state index is 0.115. The van der Waals surface area contributed by atoms with Crippen LogP contribution in [0.5, 0.6) is 11.5 Å². The summed E-state index contributed by atoms with van der Waals surface area (Å²) in [7, 11) is 0. The normalized spacial score (nSPS) is 10.8. The topological polar surface area (TPSA) is 122 Å². The van der Waals surface area contributed by atoms with Crippen molar-refractivity contribution < 1.29 is 19.1 Å². The predicted octanol–water partition coefficient (Wildman–Crippen LogP) is 11.2.